The zero-order valence-electron chi connectivity index (χ0n) is 10.9. The molecule has 0 saturated carbocycles. The molecule has 0 aromatic rings. The average Bonchev–Trinajstić information content (AvgIpc) is 2.20. The van der Waals surface area contributed by atoms with Crippen molar-refractivity contribution in [3.05, 3.63) is 7.05 Å². The maximum Gasteiger partial charge on any atom is 0.204 e. The Bertz CT molecular complexity index is 110. The summed E-state index contributed by atoms with van der Waals surface area (Å²) in [6, 6.07) is 0. The molecule has 0 saturated heterocycles. The first-order valence-electron chi connectivity index (χ1n) is 6.85. The molecule has 15 heavy (non-hydrogen) atoms. The first kappa shape index (κ1) is 15.0. The van der Waals surface area contributed by atoms with Crippen molar-refractivity contribution in [1.82, 2.24) is 0 Å². The molecule has 0 spiro atoms. The summed E-state index contributed by atoms with van der Waals surface area (Å²) in [5.74, 6) is 0. The molecular weight excluding hydrogens is 182 g/mol. The fraction of sp³-hybridized carbons (Fsp3) is 0.929. The van der Waals surface area contributed by atoms with Gasteiger partial charge >= 0.3 is 0 Å². The predicted octanol–water partition coefficient (Wildman–Crippen LogP) is 3.09. The molecule has 0 rings (SSSR count). The van der Waals surface area contributed by atoms with Crippen LogP contribution in [0.2, 0.25) is 0 Å². The number of quaternary nitrogens is 1. The molecule has 0 aliphatic rings. The second-order valence-electron chi connectivity index (χ2n) is 4.78. The molecule has 0 aliphatic carbocycles. The normalized spacial score (nSPS) is 11.2. The number of hydrogen-bond acceptors (Lipinski definition) is 0. The van der Waals surface area contributed by atoms with Crippen LogP contribution in [-0.2, 0) is 0 Å². The van der Waals surface area contributed by atoms with E-state index >= 15 is 0 Å². The van der Waals surface area contributed by atoms with Crippen molar-refractivity contribution >= 4 is 0 Å². The minimum absolute atomic E-state index is 1.09. The van der Waals surface area contributed by atoms with Crippen LogP contribution in [-0.4, -0.2) is 13.6 Å². The first-order chi connectivity index (χ1) is 7.27. The van der Waals surface area contributed by atoms with E-state index in [1.807, 2.05) is 7.05 Å². The quantitative estimate of drug-likeness (QED) is 0.502. The van der Waals surface area contributed by atoms with Crippen LogP contribution in [0.1, 0.15) is 71.1 Å². The maximum absolute atomic E-state index is 5.62. The van der Waals surface area contributed by atoms with Crippen LogP contribution in [0, 0.1) is 7.05 Å². The summed E-state index contributed by atoms with van der Waals surface area (Å²) in [5, 5.41) is 0. The van der Waals surface area contributed by atoms with Gasteiger partial charge in [0.15, 0.2) is 0 Å². The van der Waals surface area contributed by atoms with Crippen LogP contribution in [0.3, 0.4) is 0 Å². The Morgan fingerprint density at radius 1 is 0.733 bits per heavy atom. The fourth-order valence-corrected chi connectivity index (χ4v) is 1.89. The molecule has 90 valence electrons. The van der Waals surface area contributed by atoms with Crippen molar-refractivity contribution in [3.63, 3.8) is 0 Å². The van der Waals surface area contributed by atoms with Crippen molar-refractivity contribution in [1.29, 1.82) is 0 Å². The molecule has 0 aromatic carbocycles. The molecule has 1 N–H and O–H groups in total. The third-order valence-electron chi connectivity index (χ3n) is 2.92. The zero-order valence-corrected chi connectivity index (χ0v) is 10.9. The molecule has 1 nitrogen and oxygen atoms in total. The molecule has 0 bridgehead atoms. The predicted molar refractivity (Wildman–Crippen MR) is 67.9 cm³/mol. The molecule has 0 amide bonds. The van der Waals surface area contributed by atoms with Gasteiger partial charge in [-0.25, -0.2) is 0 Å². The third kappa shape index (κ3) is 14.0. The molecular formula is C14H30N+. The van der Waals surface area contributed by atoms with Crippen molar-refractivity contribution in [2.24, 2.45) is 0 Å². The van der Waals surface area contributed by atoms with Crippen molar-refractivity contribution in [3.8, 4) is 0 Å². The van der Waals surface area contributed by atoms with E-state index in [2.05, 4.69) is 6.92 Å². The van der Waals surface area contributed by atoms with Crippen LogP contribution >= 0.6 is 0 Å². The summed E-state index contributed by atoms with van der Waals surface area (Å²) >= 11 is 0. The second kappa shape index (κ2) is 12.0. The third-order valence-corrected chi connectivity index (χ3v) is 2.92. The lowest BCUT2D eigenvalue weighted by Gasteiger charge is -2.05. The summed E-state index contributed by atoms with van der Waals surface area (Å²) in [6.45, 7) is 3.40. The minimum Gasteiger partial charge on any atom is -0.325 e. The highest BCUT2D eigenvalue weighted by atomic mass is 15.0. The fourth-order valence-electron chi connectivity index (χ4n) is 1.89. The summed E-state index contributed by atoms with van der Waals surface area (Å²) < 4.78 is 0. The SMILES string of the molecule is [CH][NH+](C)CCCCCCCCCCCC. The zero-order chi connectivity index (χ0) is 11.4. The lowest BCUT2D eigenvalue weighted by molar-refractivity contribution is -0.831. The minimum atomic E-state index is 1.09. The van der Waals surface area contributed by atoms with Crippen molar-refractivity contribution in [2.75, 3.05) is 13.6 Å². The number of unbranched alkanes of at least 4 members (excludes halogenated alkanes) is 9. The Hall–Kier alpha value is -0.0400. The molecule has 1 atom stereocenters. The van der Waals surface area contributed by atoms with E-state index < -0.39 is 0 Å². The van der Waals surface area contributed by atoms with Crippen LogP contribution in [0.5, 0.6) is 0 Å². The Morgan fingerprint density at radius 3 is 1.53 bits per heavy atom. The summed E-state index contributed by atoms with van der Waals surface area (Å²) in [6.07, 6.45) is 14.0. The van der Waals surface area contributed by atoms with E-state index in [1.54, 1.807) is 0 Å². The Balaban J connectivity index is 2.87. The van der Waals surface area contributed by atoms with Crippen LogP contribution in [0.25, 0.3) is 0 Å². The van der Waals surface area contributed by atoms with Gasteiger partial charge in [0, 0.05) is 0 Å². The highest BCUT2D eigenvalue weighted by molar-refractivity contribution is 4.46. The van der Waals surface area contributed by atoms with E-state index in [0.717, 1.165) is 11.4 Å². The van der Waals surface area contributed by atoms with Gasteiger partial charge in [-0.3, -0.25) is 0 Å². The summed E-state index contributed by atoms with van der Waals surface area (Å²) in [4.78, 5) is 1.09. The molecule has 1 heteroatoms. The Morgan fingerprint density at radius 2 is 1.13 bits per heavy atom. The molecule has 2 radical (unpaired) electrons. The summed E-state index contributed by atoms with van der Waals surface area (Å²) in [7, 11) is 7.64. The smallest absolute Gasteiger partial charge is 0.204 e. The topological polar surface area (TPSA) is 4.44 Å². The van der Waals surface area contributed by atoms with Gasteiger partial charge in [0.2, 0.25) is 7.05 Å². The van der Waals surface area contributed by atoms with Gasteiger partial charge in [0.25, 0.3) is 0 Å². The van der Waals surface area contributed by atoms with Gasteiger partial charge in [0.05, 0.1) is 13.6 Å². The van der Waals surface area contributed by atoms with Crippen LogP contribution in [0.15, 0.2) is 0 Å². The first-order valence-corrected chi connectivity index (χ1v) is 6.85. The van der Waals surface area contributed by atoms with Gasteiger partial charge in [-0.05, 0) is 12.8 Å². The number of hydrogen-bond donors (Lipinski definition) is 1. The van der Waals surface area contributed by atoms with E-state index in [4.69, 9.17) is 7.05 Å². The van der Waals surface area contributed by atoms with Crippen molar-refractivity contribution in [2.45, 2.75) is 71.1 Å². The van der Waals surface area contributed by atoms with E-state index in [-0.39, 0.29) is 0 Å². The van der Waals surface area contributed by atoms with Gasteiger partial charge in [-0.15, -0.1) is 0 Å². The molecule has 0 aliphatic heterocycles. The van der Waals surface area contributed by atoms with E-state index in [1.165, 1.54) is 64.2 Å². The molecule has 0 heterocycles. The van der Waals surface area contributed by atoms with E-state index in [9.17, 15) is 0 Å². The average molecular weight is 212 g/mol. The lowest BCUT2D eigenvalue weighted by Crippen LogP contribution is -3.03. The molecule has 0 aromatic heterocycles. The highest BCUT2D eigenvalue weighted by Crippen LogP contribution is 2.09. The molecule has 0 fully saturated rings. The standard InChI is InChI=1S/C14H30N/c1-4-5-6-7-8-9-10-11-12-13-14-15(2)3/h2,15H,4-14H2,1,3H3/q+1. The lowest BCUT2D eigenvalue weighted by atomic mass is 10.1. The second-order valence-corrected chi connectivity index (χ2v) is 4.78. The van der Waals surface area contributed by atoms with Gasteiger partial charge in [-0.2, -0.15) is 0 Å². The largest absolute Gasteiger partial charge is 0.325 e. The number of rotatable bonds is 11. The van der Waals surface area contributed by atoms with Crippen molar-refractivity contribution < 1.29 is 4.90 Å². The molecule has 1 unspecified atom stereocenters. The maximum atomic E-state index is 5.62. The van der Waals surface area contributed by atoms with Crippen LogP contribution < -0.4 is 4.90 Å². The summed E-state index contributed by atoms with van der Waals surface area (Å²) in [5.41, 5.74) is 0. The van der Waals surface area contributed by atoms with Gasteiger partial charge < -0.3 is 4.90 Å². The Kier molecular flexibility index (Phi) is 12.0. The Labute approximate surface area is 97.2 Å². The van der Waals surface area contributed by atoms with Gasteiger partial charge in [0.1, 0.15) is 0 Å². The van der Waals surface area contributed by atoms with Crippen LogP contribution in [0.4, 0.5) is 0 Å². The highest BCUT2D eigenvalue weighted by Gasteiger charge is 1.95. The number of nitrogens with one attached hydrogen (secondary N) is 1. The van der Waals surface area contributed by atoms with E-state index in [0.29, 0.717) is 0 Å². The monoisotopic (exact) mass is 212 g/mol. The van der Waals surface area contributed by atoms with Gasteiger partial charge in [-0.1, -0.05) is 58.3 Å².